The van der Waals surface area contributed by atoms with Gasteiger partial charge in [-0.15, -0.1) is 0 Å². The van der Waals surface area contributed by atoms with Crippen molar-refractivity contribution in [2.45, 2.75) is 56.3 Å². The third kappa shape index (κ3) is 4.42. The van der Waals surface area contributed by atoms with Gasteiger partial charge in [0.25, 0.3) is 5.91 Å². The van der Waals surface area contributed by atoms with Crippen LogP contribution < -0.4 is 0 Å². The number of hydrogen-bond donors (Lipinski definition) is 0. The topological polar surface area (TPSA) is 57.7 Å². The first-order valence-electron chi connectivity index (χ1n) is 9.48. The average molecular weight is 365 g/mol. The number of carbonyl (C=O) groups is 1. The van der Waals surface area contributed by atoms with Crippen LogP contribution in [0.15, 0.2) is 29.2 Å². The van der Waals surface area contributed by atoms with E-state index in [1.165, 1.54) is 0 Å². The first-order chi connectivity index (χ1) is 12.1. The molecule has 1 aromatic carbocycles. The molecule has 5 nitrogen and oxygen atoms in total. The smallest absolute Gasteiger partial charge is 0.253 e. The van der Waals surface area contributed by atoms with Gasteiger partial charge in [0.05, 0.1) is 4.90 Å². The molecule has 1 amide bonds. The summed E-state index contributed by atoms with van der Waals surface area (Å²) in [6, 6.07) is 6.59. The fraction of sp³-hybridized carbons (Fsp3) is 0.632. The lowest BCUT2D eigenvalue weighted by Gasteiger charge is -2.22. The quantitative estimate of drug-likeness (QED) is 0.827. The summed E-state index contributed by atoms with van der Waals surface area (Å²) in [6.45, 7) is 2.68. The van der Waals surface area contributed by atoms with Crippen LogP contribution in [-0.2, 0) is 10.0 Å². The third-order valence-electron chi connectivity index (χ3n) is 5.18. The maximum absolute atomic E-state index is 12.9. The summed E-state index contributed by atoms with van der Waals surface area (Å²) in [5.41, 5.74) is 0.484. The molecule has 0 spiro atoms. The van der Waals surface area contributed by atoms with Crippen molar-refractivity contribution in [2.24, 2.45) is 0 Å². The summed E-state index contributed by atoms with van der Waals surface area (Å²) >= 11 is 0. The minimum absolute atomic E-state index is 0.0465. The summed E-state index contributed by atoms with van der Waals surface area (Å²) in [4.78, 5) is 14.9. The third-order valence-corrected chi connectivity index (χ3v) is 7.07. The summed E-state index contributed by atoms with van der Waals surface area (Å²) in [5.74, 6) is -0.0465. The highest BCUT2D eigenvalue weighted by atomic mass is 32.2. The van der Waals surface area contributed by atoms with E-state index in [0.29, 0.717) is 18.7 Å². The molecule has 0 aromatic heterocycles. The molecule has 6 heteroatoms. The largest absolute Gasteiger partial charge is 0.339 e. The molecule has 0 bridgehead atoms. The van der Waals surface area contributed by atoms with E-state index < -0.39 is 10.0 Å². The Morgan fingerprint density at radius 2 is 1.36 bits per heavy atom. The van der Waals surface area contributed by atoms with Crippen LogP contribution in [-0.4, -0.2) is 49.7 Å². The first kappa shape index (κ1) is 18.4. The summed E-state index contributed by atoms with van der Waals surface area (Å²) in [5, 5.41) is 0. The molecule has 2 aliphatic heterocycles. The number of benzene rings is 1. The van der Waals surface area contributed by atoms with Gasteiger partial charge in [0.15, 0.2) is 0 Å². The Bertz CT molecular complexity index is 686. The highest BCUT2D eigenvalue weighted by Gasteiger charge is 2.26. The minimum atomic E-state index is -3.52. The molecule has 0 radical (unpaired) electrons. The van der Waals surface area contributed by atoms with Crippen molar-refractivity contribution in [2.75, 3.05) is 26.2 Å². The van der Waals surface area contributed by atoms with Crippen molar-refractivity contribution < 1.29 is 13.2 Å². The fourth-order valence-corrected chi connectivity index (χ4v) is 5.24. The molecule has 0 N–H and O–H groups in total. The number of rotatable bonds is 3. The standard InChI is InChI=1S/C19H28N2O3S/c22-19(20-12-5-1-2-6-13-20)17-10-9-11-18(16-17)25(23,24)21-14-7-3-4-8-15-21/h9-11,16H,1-8,12-15H2. The molecule has 3 rings (SSSR count). The Labute approximate surface area is 151 Å². The van der Waals surface area contributed by atoms with E-state index in [1.54, 1.807) is 28.6 Å². The molecular weight excluding hydrogens is 336 g/mol. The van der Waals surface area contributed by atoms with Gasteiger partial charge in [-0.1, -0.05) is 31.7 Å². The molecule has 138 valence electrons. The Kier molecular flexibility index (Phi) is 6.12. The van der Waals surface area contributed by atoms with Crippen LogP contribution in [0.4, 0.5) is 0 Å². The zero-order valence-electron chi connectivity index (χ0n) is 14.8. The number of hydrogen-bond acceptors (Lipinski definition) is 3. The monoisotopic (exact) mass is 364 g/mol. The lowest BCUT2D eigenvalue weighted by Crippen LogP contribution is -2.33. The van der Waals surface area contributed by atoms with Gasteiger partial charge in [-0.05, 0) is 43.9 Å². The highest BCUT2D eigenvalue weighted by molar-refractivity contribution is 7.89. The Balaban J connectivity index is 1.81. The van der Waals surface area contributed by atoms with Crippen LogP contribution >= 0.6 is 0 Å². The van der Waals surface area contributed by atoms with Gasteiger partial charge < -0.3 is 4.90 Å². The van der Waals surface area contributed by atoms with E-state index in [-0.39, 0.29) is 10.8 Å². The van der Waals surface area contributed by atoms with Crippen LogP contribution in [0.5, 0.6) is 0 Å². The van der Waals surface area contributed by atoms with E-state index in [4.69, 9.17) is 0 Å². The predicted octanol–water partition coefficient (Wildman–Crippen LogP) is 3.27. The summed E-state index contributed by atoms with van der Waals surface area (Å²) in [6.07, 6.45) is 8.35. The van der Waals surface area contributed by atoms with Crippen molar-refractivity contribution in [1.82, 2.24) is 9.21 Å². The van der Waals surface area contributed by atoms with Crippen LogP contribution in [0.3, 0.4) is 0 Å². The van der Waals surface area contributed by atoms with Crippen molar-refractivity contribution in [3.8, 4) is 0 Å². The Morgan fingerprint density at radius 3 is 1.96 bits per heavy atom. The SMILES string of the molecule is O=C(c1cccc(S(=O)(=O)N2CCCCCC2)c1)N1CCCCCC1. The molecule has 25 heavy (non-hydrogen) atoms. The molecule has 2 saturated heterocycles. The van der Waals surface area contributed by atoms with Crippen LogP contribution in [0.25, 0.3) is 0 Å². The number of amides is 1. The van der Waals surface area contributed by atoms with E-state index >= 15 is 0 Å². The molecule has 2 aliphatic rings. The lowest BCUT2D eigenvalue weighted by atomic mass is 10.2. The van der Waals surface area contributed by atoms with Gasteiger partial charge in [0.2, 0.25) is 10.0 Å². The van der Waals surface area contributed by atoms with Crippen LogP contribution in [0, 0.1) is 0 Å². The van der Waals surface area contributed by atoms with Gasteiger partial charge >= 0.3 is 0 Å². The number of sulfonamides is 1. The second kappa shape index (κ2) is 8.32. The molecule has 1 aromatic rings. The van der Waals surface area contributed by atoms with Gasteiger partial charge in [0, 0.05) is 31.7 Å². The molecule has 0 atom stereocenters. The maximum Gasteiger partial charge on any atom is 0.253 e. The van der Waals surface area contributed by atoms with E-state index in [2.05, 4.69) is 0 Å². The fourth-order valence-electron chi connectivity index (χ4n) is 3.68. The molecule has 0 saturated carbocycles. The van der Waals surface area contributed by atoms with Gasteiger partial charge in [-0.2, -0.15) is 4.31 Å². The van der Waals surface area contributed by atoms with E-state index in [9.17, 15) is 13.2 Å². The second-order valence-electron chi connectivity index (χ2n) is 7.05. The Morgan fingerprint density at radius 1 is 0.800 bits per heavy atom. The van der Waals surface area contributed by atoms with Crippen molar-refractivity contribution in [3.05, 3.63) is 29.8 Å². The van der Waals surface area contributed by atoms with Crippen molar-refractivity contribution in [3.63, 3.8) is 0 Å². The molecule has 2 fully saturated rings. The van der Waals surface area contributed by atoms with E-state index in [1.807, 2.05) is 4.90 Å². The summed E-state index contributed by atoms with van der Waals surface area (Å²) in [7, 11) is -3.52. The zero-order valence-corrected chi connectivity index (χ0v) is 15.6. The van der Waals surface area contributed by atoms with E-state index in [0.717, 1.165) is 64.5 Å². The number of carbonyl (C=O) groups excluding carboxylic acids is 1. The number of likely N-dealkylation sites (tertiary alicyclic amines) is 1. The van der Waals surface area contributed by atoms with Gasteiger partial charge in [-0.3, -0.25) is 4.79 Å². The summed E-state index contributed by atoms with van der Waals surface area (Å²) < 4.78 is 27.5. The molecule has 2 heterocycles. The molecular formula is C19H28N2O3S. The first-order valence-corrected chi connectivity index (χ1v) is 10.9. The molecule has 0 unspecified atom stereocenters. The number of nitrogens with zero attached hydrogens (tertiary/aromatic N) is 2. The van der Waals surface area contributed by atoms with Gasteiger partial charge in [0.1, 0.15) is 0 Å². The normalized spacial score (nSPS) is 20.7. The molecule has 0 aliphatic carbocycles. The van der Waals surface area contributed by atoms with Crippen molar-refractivity contribution >= 4 is 15.9 Å². The minimum Gasteiger partial charge on any atom is -0.339 e. The Hall–Kier alpha value is -1.40. The van der Waals surface area contributed by atoms with Crippen LogP contribution in [0.2, 0.25) is 0 Å². The van der Waals surface area contributed by atoms with Gasteiger partial charge in [-0.25, -0.2) is 8.42 Å². The second-order valence-corrected chi connectivity index (χ2v) is 8.99. The zero-order chi connectivity index (χ0) is 17.7. The van der Waals surface area contributed by atoms with Crippen LogP contribution in [0.1, 0.15) is 61.7 Å². The highest BCUT2D eigenvalue weighted by Crippen LogP contribution is 2.22. The predicted molar refractivity (Wildman–Crippen MR) is 98.0 cm³/mol. The van der Waals surface area contributed by atoms with Crippen molar-refractivity contribution in [1.29, 1.82) is 0 Å². The maximum atomic E-state index is 12.9. The average Bonchev–Trinajstić information content (AvgIpc) is 3.06. The lowest BCUT2D eigenvalue weighted by molar-refractivity contribution is 0.0761.